The molecule has 0 saturated carbocycles. The highest BCUT2D eigenvalue weighted by atomic mass is 19.1. The van der Waals surface area contributed by atoms with Crippen molar-refractivity contribution in [3.05, 3.63) is 30.1 Å². The average molecular weight is 265 g/mol. The Morgan fingerprint density at radius 3 is 2.84 bits per heavy atom. The molecule has 4 nitrogen and oxygen atoms in total. The predicted octanol–water partition coefficient (Wildman–Crippen LogP) is 1.64. The largest absolute Gasteiger partial charge is 0.348 e. The first-order valence-corrected chi connectivity index (χ1v) is 6.80. The third kappa shape index (κ3) is 4.28. The van der Waals surface area contributed by atoms with Gasteiger partial charge in [-0.1, -0.05) is 6.07 Å². The van der Waals surface area contributed by atoms with E-state index in [0.717, 1.165) is 32.5 Å². The number of piperidine rings is 1. The van der Waals surface area contributed by atoms with E-state index in [-0.39, 0.29) is 18.6 Å². The van der Waals surface area contributed by atoms with Crippen molar-refractivity contribution in [1.29, 1.82) is 0 Å². The molecule has 1 saturated heterocycles. The number of likely N-dealkylation sites (tertiary alicyclic amines) is 1. The second-order valence-corrected chi connectivity index (χ2v) is 4.85. The summed E-state index contributed by atoms with van der Waals surface area (Å²) in [4.78, 5) is 18.2. The van der Waals surface area contributed by atoms with Gasteiger partial charge in [0.1, 0.15) is 5.69 Å². The van der Waals surface area contributed by atoms with Gasteiger partial charge in [0.05, 0.1) is 6.67 Å². The molecule has 2 rings (SSSR count). The SMILES string of the molecule is O=C(NC1CCN(CCCF)CC1)c1ccccn1. The third-order valence-corrected chi connectivity index (χ3v) is 3.43. The minimum atomic E-state index is -0.254. The van der Waals surface area contributed by atoms with Gasteiger partial charge in [-0.05, 0) is 31.4 Å². The van der Waals surface area contributed by atoms with Crippen LogP contribution >= 0.6 is 0 Å². The van der Waals surface area contributed by atoms with E-state index in [4.69, 9.17) is 0 Å². The number of alkyl halides is 1. The van der Waals surface area contributed by atoms with Gasteiger partial charge < -0.3 is 10.2 Å². The number of nitrogens with one attached hydrogen (secondary N) is 1. The van der Waals surface area contributed by atoms with Crippen LogP contribution < -0.4 is 5.32 Å². The van der Waals surface area contributed by atoms with Gasteiger partial charge in [-0.3, -0.25) is 14.2 Å². The zero-order chi connectivity index (χ0) is 13.5. The molecule has 0 radical (unpaired) electrons. The van der Waals surface area contributed by atoms with Crippen molar-refractivity contribution >= 4 is 5.91 Å². The summed E-state index contributed by atoms with van der Waals surface area (Å²) in [6, 6.07) is 5.52. The van der Waals surface area contributed by atoms with E-state index in [1.54, 1.807) is 18.3 Å². The number of nitrogens with zero attached hydrogens (tertiary/aromatic N) is 2. The standard InChI is InChI=1S/C14H20FN3O/c15-7-3-9-18-10-5-12(6-11-18)17-14(19)13-4-1-2-8-16-13/h1-2,4,8,12H,3,5-7,9-11H2,(H,17,19). The number of halogens is 1. The highest BCUT2D eigenvalue weighted by molar-refractivity contribution is 5.92. The van der Waals surface area contributed by atoms with Crippen molar-refractivity contribution < 1.29 is 9.18 Å². The third-order valence-electron chi connectivity index (χ3n) is 3.43. The molecule has 1 amide bonds. The van der Waals surface area contributed by atoms with Gasteiger partial charge >= 0.3 is 0 Å². The first-order chi connectivity index (χ1) is 9.29. The van der Waals surface area contributed by atoms with Crippen LogP contribution in [0, 0.1) is 0 Å². The molecule has 2 heterocycles. The summed E-state index contributed by atoms with van der Waals surface area (Å²) in [6.45, 7) is 2.41. The zero-order valence-electron chi connectivity index (χ0n) is 11.0. The van der Waals surface area contributed by atoms with Gasteiger partial charge in [-0.15, -0.1) is 0 Å². The van der Waals surface area contributed by atoms with Crippen LogP contribution in [0.25, 0.3) is 0 Å². The molecule has 1 aliphatic rings. The summed E-state index contributed by atoms with van der Waals surface area (Å²) in [5, 5.41) is 3.01. The van der Waals surface area contributed by atoms with E-state index in [0.29, 0.717) is 12.1 Å². The molecule has 104 valence electrons. The summed E-state index contributed by atoms with van der Waals surface area (Å²) in [5.74, 6) is -0.109. The number of hydrogen-bond donors (Lipinski definition) is 1. The molecule has 0 spiro atoms. The van der Waals surface area contributed by atoms with E-state index >= 15 is 0 Å². The Balaban J connectivity index is 1.75. The van der Waals surface area contributed by atoms with Gasteiger partial charge in [0.25, 0.3) is 5.91 Å². The molecular formula is C14H20FN3O. The molecule has 1 aliphatic heterocycles. The van der Waals surface area contributed by atoms with Crippen LogP contribution in [-0.4, -0.2) is 48.1 Å². The van der Waals surface area contributed by atoms with E-state index in [9.17, 15) is 9.18 Å². The van der Waals surface area contributed by atoms with Crippen molar-refractivity contribution in [2.75, 3.05) is 26.3 Å². The number of rotatable bonds is 5. The van der Waals surface area contributed by atoms with Crippen molar-refractivity contribution in [2.45, 2.75) is 25.3 Å². The number of pyridine rings is 1. The Hall–Kier alpha value is -1.49. The maximum Gasteiger partial charge on any atom is 0.270 e. The Labute approximate surface area is 113 Å². The van der Waals surface area contributed by atoms with Gasteiger partial charge in [-0.25, -0.2) is 0 Å². The minimum Gasteiger partial charge on any atom is -0.348 e. The van der Waals surface area contributed by atoms with Gasteiger partial charge in [0.2, 0.25) is 0 Å². The minimum absolute atomic E-state index is 0.109. The molecule has 1 aromatic rings. The number of carbonyl (C=O) groups is 1. The molecule has 0 unspecified atom stereocenters. The highest BCUT2D eigenvalue weighted by Gasteiger charge is 2.20. The van der Waals surface area contributed by atoms with Crippen molar-refractivity contribution in [2.24, 2.45) is 0 Å². The first-order valence-electron chi connectivity index (χ1n) is 6.80. The predicted molar refractivity (Wildman–Crippen MR) is 71.8 cm³/mol. The highest BCUT2D eigenvalue weighted by Crippen LogP contribution is 2.11. The zero-order valence-corrected chi connectivity index (χ0v) is 11.0. The number of hydrogen-bond acceptors (Lipinski definition) is 3. The molecular weight excluding hydrogens is 245 g/mol. The van der Waals surface area contributed by atoms with E-state index < -0.39 is 0 Å². The van der Waals surface area contributed by atoms with Crippen LogP contribution in [0.1, 0.15) is 29.8 Å². The van der Waals surface area contributed by atoms with Gasteiger partial charge in [0.15, 0.2) is 0 Å². The Morgan fingerprint density at radius 1 is 1.42 bits per heavy atom. The lowest BCUT2D eigenvalue weighted by molar-refractivity contribution is 0.0905. The van der Waals surface area contributed by atoms with Crippen LogP contribution in [-0.2, 0) is 0 Å². The van der Waals surface area contributed by atoms with Gasteiger partial charge in [-0.2, -0.15) is 0 Å². The monoisotopic (exact) mass is 265 g/mol. The topological polar surface area (TPSA) is 45.2 Å². The molecule has 0 aliphatic carbocycles. The van der Waals surface area contributed by atoms with E-state index in [1.807, 2.05) is 6.07 Å². The van der Waals surface area contributed by atoms with Crippen LogP contribution in [0.5, 0.6) is 0 Å². The van der Waals surface area contributed by atoms with Crippen LogP contribution in [0.4, 0.5) is 4.39 Å². The molecule has 0 bridgehead atoms. The first kappa shape index (κ1) is 13.9. The van der Waals surface area contributed by atoms with E-state index in [1.165, 1.54) is 0 Å². The normalized spacial score (nSPS) is 17.3. The average Bonchev–Trinajstić information content (AvgIpc) is 2.47. The van der Waals surface area contributed by atoms with Crippen LogP contribution in [0.15, 0.2) is 24.4 Å². The fourth-order valence-electron chi connectivity index (χ4n) is 2.34. The summed E-state index contributed by atoms with van der Waals surface area (Å²) in [7, 11) is 0. The number of amides is 1. The number of aromatic nitrogens is 1. The second kappa shape index (κ2) is 7.19. The Morgan fingerprint density at radius 2 is 2.21 bits per heavy atom. The lowest BCUT2D eigenvalue weighted by Crippen LogP contribution is -2.45. The number of carbonyl (C=O) groups excluding carboxylic acids is 1. The van der Waals surface area contributed by atoms with Crippen molar-refractivity contribution in [3.8, 4) is 0 Å². The fraction of sp³-hybridized carbons (Fsp3) is 0.571. The quantitative estimate of drug-likeness (QED) is 0.880. The Bertz CT molecular complexity index is 391. The maximum atomic E-state index is 12.1. The molecule has 5 heteroatoms. The fourth-order valence-corrected chi connectivity index (χ4v) is 2.34. The summed E-state index contributed by atoms with van der Waals surface area (Å²) >= 11 is 0. The van der Waals surface area contributed by atoms with Gasteiger partial charge in [0, 0.05) is 31.9 Å². The summed E-state index contributed by atoms with van der Waals surface area (Å²) < 4.78 is 12.1. The summed E-state index contributed by atoms with van der Waals surface area (Å²) in [5.41, 5.74) is 0.461. The molecule has 1 aromatic heterocycles. The lowest BCUT2D eigenvalue weighted by atomic mass is 10.0. The molecule has 1 N–H and O–H groups in total. The molecule has 0 aromatic carbocycles. The Kier molecular flexibility index (Phi) is 5.27. The second-order valence-electron chi connectivity index (χ2n) is 4.85. The van der Waals surface area contributed by atoms with Crippen molar-refractivity contribution in [1.82, 2.24) is 15.2 Å². The molecule has 1 fully saturated rings. The van der Waals surface area contributed by atoms with Crippen molar-refractivity contribution in [3.63, 3.8) is 0 Å². The maximum absolute atomic E-state index is 12.1. The molecule has 19 heavy (non-hydrogen) atoms. The van der Waals surface area contributed by atoms with Crippen LogP contribution in [0.3, 0.4) is 0 Å². The summed E-state index contributed by atoms with van der Waals surface area (Å²) in [6.07, 6.45) is 4.06. The van der Waals surface area contributed by atoms with Crippen LogP contribution in [0.2, 0.25) is 0 Å². The lowest BCUT2D eigenvalue weighted by Gasteiger charge is -2.32. The molecule has 0 atom stereocenters. The smallest absolute Gasteiger partial charge is 0.270 e. The van der Waals surface area contributed by atoms with E-state index in [2.05, 4.69) is 15.2 Å².